The Kier molecular flexibility index (Phi) is 5.04. The van der Waals surface area contributed by atoms with Crippen LogP contribution in [0.5, 0.6) is 0 Å². The minimum atomic E-state index is -0.247. The summed E-state index contributed by atoms with van der Waals surface area (Å²) in [6.45, 7) is 4.07. The molecule has 2 rings (SSSR count). The van der Waals surface area contributed by atoms with E-state index < -0.39 is 0 Å². The maximum Gasteiger partial charge on any atom is 0.239 e. The van der Waals surface area contributed by atoms with Gasteiger partial charge in [0.15, 0.2) is 0 Å². The molecule has 1 saturated heterocycles. The summed E-state index contributed by atoms with van der Waals surface area (Å²) < 4.78 is 0. The van der Waals surface area contributed by atoms with Gasteiger partial charge in [0.05, 0.1) is 6.04 Å². The van der Waals surface area contributed by atoms with Gasteiger partial charge < -0.3 is 10.6 Å². The van der Waals surface area contributed by atoms with E-state index in [9.17, 15) is 4.79 Å². The molecular formula is C15H28N2O. The number of amides is 1. The van der Waals surface area contributed by atoms with E-state index in [4.69, 9.17) is 5.73 Å². The maximum atomic E-state index is 12.3. The number of carbonyl (C=O) groups excluding carboxylic acids is 1. The van der Waals surface area contributed by atoms with Crippen molar-refractivity contribution in [3.63, 3.8) is 0 Å². The highest BCUT2D eigenvalue weighted by molar-refractivity contribution is 5.81. The number of nitrogens with two attached hydrogens (primary N) is 1. The van der Waals surface area contributed by atoms with Gasteiger partial charge in [-0.15, -0.1) is 0 Å². The lowest BCUT2D eigenvalue weighted by Gasteiger charge is -2.26. The molecule has 18 heavy (non-hydrogen) atoms. The Morgan fingerprint density at radius 2 is 1.94 bits per heavy atom. The molecule has 1 aliphatic heterocycles. The van der Waals surface area contributed by atoms with Crippen LogP contribution in [0.25, 0.3) is 0 Å². The van der Waals surface area contributed by atoms with Gasteiger partial charge in [0.1, 0.15) is 0 Å². The molecule has 2 atom stereocenters. The van der Waals surface area contributed by atoms with E-state index in [-0.39, 0.29) is 11.9 Å². The van der Waals surface area contributed by atoms with Gasteiger partial charge in [-0.3, -0.25) is 4.79 Å². The van der Waals surface area contributed by atoms with Crippen molar-refractivity contribution in [2.24, 2.45) is 17.6 Å². The standard InChI is InChI=1S/C15H28N2O/c1-2-12-8-9-17(11-12)15(18)14(16)10-13-6-4-3-5-7-13/h12-14H,2-11,16H2,1H3. The molecule has 3 nitrogen and oxygen atoms in total. The summed E-state index contributed by atoms with van der Waals surface area (Å²) in [5.41, 5.74) is 6.12. The van der Waals surface area contributed by atoms with Crippen LogP contribution in [0.3, 0.4) is 0 Å². The highest BCUT2D eigenvalue weighted by Gasteiger charge is 2.29. The zero-order valence-corrected chi connectivity index (χ0v) is 11.7. The van der Waals surface area contributed by atoms with Crippen molar-refractivity contribution in [1.29, 1.82) is 0 Å². The van der Waals surface area contributed by atoms with E-state index in [2.05, 4.69) is 6.92 Å². The van der Waals surface area contributed by atoms with Gasteiger partial charge in [-0.1, -0.05) is 45.4 Å². The highest BCUT2D eigenvalue weighted by Crippen LogP contribution is 2.28. The van der Waals surface area contributed by atoms with Crippen LogP contribution in [0.1, 0.15) is 58.3 Å². The third-order valence-corrected chi connectivity index (χ3v) is 4.80. The Labute approximate surface area is 111 Å². The van der Waals surface area contributed by atoms with Gasteiger partial charge in [-0.05, 0) is 24.7 Å². The predicted octanol–water partition coefficient (Wildman–Crippen LogP) is 2.54. The number of nitrogens with zero attached hydrogens (tertiary/aromatic N) is 1. The number of hydrogen-bond donors (Lipinski definition) is 1. The summed E-state index contributed by atoms with van der Waals surface area (Å²) in [6, 6.07) is -0.247. The first-order valence-electron chi connectivity index (χ1n) is 7.75. The fraction of sp³-hybridized carbons (Fsp3) is 0.933. The summed E-state index contributed by atoms with van der Waals surface area (Å²) >= 11 is 0. The number of rotatable bonds is 4. The molecule has 1 amide bonds. The summed E-state index contributed by atoms with van der Waals surface area (Å²) in [5.74, 6) is 1.61. The van der Waals surface area contributed by atoms with Crippen LogP contribution in [-0.2, 0) is 4.79 Å². The lowest BCUT2D eigenvalue weighted by Crippen LogP contribution is -2.43. The van der Waals surface area contributed by atoms with Gasteiger partial charge in [-0.2, -0.15) is 0 Å². The second-order valence-electron chi connectivity index (χ2n) is 6.19. The van der Waals surface area contributed by atoms with Crippen molar-refractivity contribution >= 4 is 5.91 Å². The molecule has 1 saturated carbocycles. The third kappa shape index (κ3) is 3.47. The summed E-state index contributed by atoms with van der Waals surface area (Å²) in [5, 5.41) is 0. The molecule has 0 radical (unpaired) electrons. The molecule has 2 fully saturated rings. The first kappa shape index (κ1) is 13.9. The summed E-state index contributed by atoms with van der Waals surface area (Å²) in [6.07, 6.45) is 9.83. The largest absolute Gasteiger partial charge is 0.341 e. The second kappa shape index (κ2) is 6.55. The van der Waals surface area contributed by atoms with Crippen LogP contribution >= 0.6 is 0 Å². The van der Waals surface area contributed by atoms with E-state index in [1.165, 1.54) is 44.9 Å². The van der Waals surface area contributed by atoms with Crippen molar-refractivity contribution in [3.8, 4) is 0 Å². The monoisotopic (exact) mass is 252 g/mol. The van der Waals surface area contributed by atoms with E-state index in [1.54, 1.807) is 0 Å². The van der Waals surface area contributed by atoms with Crippen LogP contribution in [0.2, 0.25) is 0 Å². The first-order valence-corrected chi connectivity index (χ1v) is 7.75. The molecule has 3 heteroatoms. The van der Waals surface area contributed by atoms with Crippen molar-refractivity contribution in [1.82, 2.24) is 4.90 Å². The number of hydrogen-bond acceptors (Lipinski definition) is 2. The Morgan fingerprint density at radius 1 is 1.22 bits per heavy atom. The van der Waals surface area contributed by atoms with Gasteiger partial charge in [0, 0.05) is 13.1 Å². The predicted molar refractivity (Wildman–Crippen MR) is 74.1 cm³/mol. The molecule has 1 aliphatic carbocycles. The molecule has 0 bridgehead atoms. The average Bonchev–Trinajstić information content (AvgIpc) is 2.87. The Balaban J connectivity index is 1.77. The zero-order chi connectivity index (χ0) is 13.0. The third-order valence-electron chi connectivity index (χ3n) is 4.80. The smallest absolute Gasteiger partial charge is 0.239 e. The number of likely N-dealkylation sites (tertiary alicyclic amines) is 1. The molecule has 2 aliphatic rings. The molecule has 104 valence electrons. The van der Waals surface area contributed by atoms with Crippen LogP contribution in [0.15, 0.2) is 0 Å². The minimum absolute atomic E-state index is 0.205. The van der Waals surface area contributed by atoms with Crippen LogP contribution in [0.4, 0.5) is 0 Å². The number of carbonyl (C=O) groups is 1. The van der Waals surface area contributed by atoms with Crippen LogP contribution < -0.4 is 5.73 Å². The topological polar surface area (TPSA) is 46.3 Å². The molecule has 2 unspecified atom stereocenters. The Bertz CT molecular complexity index is 274. The molecule has 0 aromatic rings. The molecule has 0 spiro atoms. The summed E-state index contributed by atoms with van der Waals surface area (Å²) in [4.78, 5) is 14.3. The highest BCUT2D eigenvalue weighted by atomic mass is 16.2. The maximum absolute atomic E-state index is 12.3. The fourth-order valence-corrected chi connectivity index (χ4v) is 3.48. The van der Waals surface area contributed by atoms with Crippen LogP contribution in [-0.4, -0.2) is 29.9 Å². The van der Waals surface area contributed by atoms with Crippen molar-refractivity contribution in [2.75, 3.05) is 13.1 Å². The molecule has 1 heterocycles. The minimum Gasteiger partial charge on any atom is -0.341 e. The molecule has 0 aromatic carbocycles. The first-order chi connectivity index (χ1) is 8.70. The van der Waals surface area contributed by atoms with Gasteiger partial charge in [-0.25, -0.2) is 0 Å². The SMILES string of the molecule is CCC1CCN(C(=O)C(N)CC2CCCCC2)C1. The fourth-order valence-electron chi connectivity index (χ4n) is 3.48. The van der Waals surface area contributed by atoms with E-state index in [1.807, 2.05) is 4.90 Å². The normalized spacial score (nSPS) is 27.4. The van der Waals surface area contributed by atoms with Gasteiger partial charge >= 0.3 is 0 Å². The Morgan fingerprint density at radius 3 is 2.56 bits per heavy atom. The van der Waals surface area contributed by atoms with Crippen molar-refractivity contribution in [3.05, 3.63) is 0 Å². The second-order valence-corrected chi connectivity index (χ2v) is 6.19. The Hall–Kier alpha value is -0.570. The molecule has 2 N–H and O–H groups in total. The van der Waals surface area contributed by atoms with Crippen molar-refractivity contribution in [2.45, 2.75) is 64.3 Å². The van der Waals surface area contributed by atoms with Gasteiger partial charge in [0.25, 0.3) is 0 Å². The van der Waals surface area contributed by atoms with E-state index >= 15 is 0 Å². The van der Waals surface area contributed by atoms with E-state index in [0.29, 0.717) is 11.8 Å². The quantitative estimate of drug-likeness (QED) is 0.835. The lowest BCUT2D eigenvalue weighted by molar-refractivity contribution is -0.132. The van der Waals surface area contributed by atoms with Crippen LogP contribution in [0, 0.1) is 11.8 Å². The van der Waals surface area contributed by atoms with Gasteiger partial charge in [0.2, 0.25) is 5.91 Å². The van der Waals surface area contributed by atoms with E-state index in [0.717, 1.165) is 19.5 Å². The summed E-state index contributed by atoms with van der Waals surface area (Å²) in [7, 11) is 0. The molecular weight excluding hydrogens is 224 g/mol. The lowest BCUT2D eigenvalue weighted by atomic mass is 9.85. The molecule has 0 aromatic heterocycles. The average molecular weight is 252 g/mol. The zero-order valence-electron chi connectivity index (χ0n) is 11.7. The van der Waals surface area contributed by atoms with Crippen molar-refractivity contribution < 1.29 is 4.79 Å².